The minimum absolute atomic E-state index is 0.336. The first-order valence-corrected chi connectivity index (χ1v) is 6.81. The normalized spacial score (nSPS) is 11.6. The lowest BCUT2D eigenvalue weighted by molar-refractivity contribution is 0.579. The summed E-state index contributed by atoms with van der Waals surface area (Å²) < 4.78 is 26.2. The SMILES string of the molecule is CCc1cccc(S(=O)(=O)NCCNC)c1. The second-order valence-corrected chi connectivity index (χ2v) is 5.27. The molecule has 2 N–H and O–H groups in total. The summed E-state index contributed by atoms with van der Waals surface area (Å²) in [7, 11) is -1.57. The van der Waals surface area contributed by atoms with E-state index in [2.05, 4.69) is 10.0 Å². The summed E-state index contributed by atoms with van der Waals surface area (Å²) in [5.41, 5.74) is 1.02. The lowest BCUT2D eigenvalue weighted by Crippen LogP contribution is -2.30. The number of aryl methyl sites for hydroxylation is 1. The molecule has 0 amide bonds. The van der Waals surface area contributed by atoms with Crippen LogP contribution in [0.4, 0.5) is 0 Å². The summed E-state index contributed by atoms with van der Waals surface area (Å²) in [6.45, 7) is 3.02. The number of benzene rings is 1. The zero-order valence-corrected chi connectivity index (χ0v) is 10.5. The van der Waals surface area contributed by atoms with E-state index in [4.69, 9.17) is 0 Å². The number of hydrogen-bond acceptors (Lipinski definition) is 3. The van der Waals surface area contributed by atoms with Crippen molar-refractivity contribution in [2.75, 3.05) is 20.1 Å². The zero-order chi connectivity index (χ0) is 12.0. The average Bonchev–Trinajstić information content (AvgIpc) is 2.29. The Balaban J connectivity index is 2.81. The fraction of sp³-hybridized carbons (Fsp3) is 0.455. The topological polar surface area (TPSA) is 58.2 Å². The van der Waals surface area contributed by atoms with E-state index in [1.165, 1.54) is 0 Å². The smallest absolute Gasteiger partial charge is 0.240 e. The number of hydrogen-bond donors (Lipinski definition) is 2. The third kappa shape index (κ3) is 3.59. The van der Waals surface area contributed by atoms with Gasteiger partial charge in [0.25, 0.3) is 0 Å². The van der Waals surface area contributed by atoms with E-state index < -0.39 is 10.0 Å². The molecule has 4 nitrogen and oxygen atoms in total. The van der Waals surface area contributed by atoms with Crippen LogP contribution >= 0.6 is 0 Å². The number of likely N-dealkylation sites (N-methyl/N-ethyl adjacent to an activating group) is 1. The minimum atomic E-state index is -3.36. The zero-order valence-electron chi connectivity index (χ0n) is 9.66. The molecular weight excluding hydrogens is 224 g/mol. The van der Waals surface area contributed by atoms with Gasteiger partial charge in [-0.1, -0.05) is 19.1 Å². The van der Waals surface area contributed by atoms with Crippen LogP contribution in [0.3, 0.4) is 0 Å². The summed E-state index contributed by atoms with van der Waals surface area (Å²) in [6, 6.07) is 7.01. The molecule has 90 valence electrons. The molecule has 0 spiro atoms. The molecule has 0 bridgehead atoms. The van der Waals surface area contributed by atoms with Gasteiger partial charge in [0.2, 0.25) is 10.0 Å². The summed E-state index contributed by atoms with van der Waals surface area (Å²) in [4.78, 5) is 0.336. The highest BCUT2D eigenvalue weighted by Crippen LogP contribution is 2.11. The van der Waals surface area contributed by atoms with Gasteiger partial charge < -0.3 is 5.32 Å². The molecule has 1 aromatic carbocycles. The quantitative estimate of drug-likeness (QED) is 0.724. The molecule has 0 radical (unpaired) electrons. The Morgan fingerprint density at radius 3 is 2.62 bits per heavy atom. The van der Waals surface area contributed by atoms with E-state index in [9.17, 15) is 8.42 Å². The number of nitrogens with one attached hydrogen (secondary N) is 2. The Bertz CT molecular complexity index is 429. The third-order valence-electron chi connectivity index (χ3n) is 2.28. The van der Waals surface area contributed by atoms with E-state index in [1.54, 1.807) is 25.2 Å². The molecule has 1 aromatic rings. The van der Waals surface area contributed by atoms with Crippen molar-refractivity contribution in [2.24, 2.45) is 0 Å². The van der Waals surface area contributed by atoms with Crippen LogP contribution in [0, 0.1) is 0 Å². The molecule has 1 rings (SSSR count). The Morgan fingerprint density at radius 1 is 1.25 bits per heavy atom. The van der Waals surface area contributed by atoms with E-state index >= 15 is 0 Å². The fourth-order valence-corrected chi connectivity index (χ4v) is 2.43. The molecule has 0 unspecified atom stereocenters. The lowest BCUT2D eigenvalue weighted by atomic mass is 10.2. The average molecular weight is 242 g/mol. The van der Waals surface area contributed by atoms with Crippen LogP contribution in [0.2, 0.25) is 0 Å². The molecule has 0 aliphatic heterocycles. The van der Waals surface area contributed by atoms with Crippen LogP contribution in [0.15, 0.2) is 29.2 Å². The highest BCUT2D eigenvalue weighted by atomic mass is 32.2. The maximum atomic E-state index is 11.8. The molecule has 0 aliphatic rings. The van der Waals surface area contributed by atoms with Gasteiger partial charge in [0.15, 0.2) is 0 Å². The van der Waals surface area contributed by atoms with Gasteiger partial charge in [-0.2, -0.15) is 0 Å². The van der Waals surface area contributed by atoms with Gasteiger partial charge in [-0.3, -0.25) is 0 Å². The van der Waals surface area contributed by atoms with E-state index in [1.807, 2.05) is 13.0 Å². The summed E-state index contributed by atoms with van der Waals surface area (Å²) in [5, 5.41) is 2.89. The predicted molar refractivity (Wildman–Crippen MR) is 64.9 cm³/mol. The van der Waals surface area contributed by atoms with Gasteiger partial charge in [0.1, 0.15) is 0 Å². The number of rotatable bonds is 6. The van der Waals surface area contributed by atoms with Crippen LogP contribution < -0.4 is 10.0 Å². The molecule has 0 atom stereocenters. The maximum absolute atomic E-state index is 11.8. The van der Waals surface area contributed by atoms with Crippen LogP contribution in [-0.2, 0) is 16.4 Å². The van der Waals surface area contributed by atoms with Gasteiger partial charge in [-0.25, -0.2) is 13.1 Å². The summed E-state index contributed by atoms with van der Waals surface area (Å²) in [6.07, 6.45) is 0.833. The van der Waals surface area contributed by atoms with Crippen LogP contribution in [0.1, 0.15) is 12.5 Å². The van der Waals surface area contributed by atoms with Crippen LogP contribution in [-0.4, -0.2) is 28.6 Å². The van der Waals surface area contributed by atoms with Crippen LogP contribution in [0.25, 0.3) is 0 Å². The van der Waals surface area contributed by atoms with Gasteiger partial charge in [-0.05, 0) is 31.2 Å². The summed E-state index contributed by atoms with van der Waals surface area (Å²) >= 11 is 0. The maximum Gasteiger partial charge on any atom is 0.240 e. The largest absolute Gasteiger partial charge is 0.318 e. The lowest BCUT2D eigenvalue weighted by Gasteiger charge is -2.07. The van der Waals surface area contributed by atoms with Crippen molar-refractivity contribution in [1.82, 2.24) is 10.0 Å². The van der Waals surface area contributed by atoms with Crippen molar-refractivity contribution < 1.29 is 8.42 Å². The van der Waals surface area contributed by atoms with E-state index in [-0.39, 0.29) is 0 Å². The monoisotopic (exact) mass is 242 g/mol. The Morgan fingerprint density at radius 2 is 2.00 bits per heavy atom. The highest BCUT2D eigenvalue weighted by molar-refractivity contribution is 7.89. The second-order valence-electron chi connectivity index (χ2n) is 3.50. The van der Waals surface area contributed by atoms with Crippen LogP contribution in [0.5, 0.6) is 0 Å². The van der Waals surface area contributed by atoms with Gasteiger partial charge in [0, 0.05) is 13.1 Å². The molecule has 0 fully saturated rings. The third-order valence-corrected chi connectivity index (χ3v) is 3.74. The first-order valence-electron chi connectivity index (χ1n) is 5.33. The van der Waals surface area contributed by atoms with Crippen molar-refractivity contribution >= 4 is 10.0 Å². The van der Waals surface area contributed by atoms with Gasteiger partial charge in [0.05, 0.1) is 4.90 Å². The molecule has 0 heterocycles. The highest BCUT2D eigenvalue weighted by Gasteiger charge is 2.12. The van der Waals surface area contributed by atoms with Gasteiger partial charge in [-0.15, -0.1) is 0 Å². The van der Waals surface area contributed by atoms with E-state index in [0.717, 1.165) is 12.0 Å². The minimum Gasteiger partial charge on any atom is -0.318 e. The van der Waals surface area contributed by atoms with Crippen molar-refractivity contribution in [2.45, 2.75) is 18.2 Å². The fourth-order valence-electron chi connectivity index (χ4n) is 1.33. The molecular formula is C11H18N2O2S. The molecule has 0 saturated heterocycles. The molecule has 16 heavy (non-hydrogen) atoms. The Hall–Kier alpha value is -0.910. The standard InChI is InChI=1S/C11H18N2O2S/c1-3-10-5-4-6-11(9-10)16(14,15)13-8-7-12-2/h4-6,9,12-13H,3,7-8H2,1-2H3. The first-order chi connectivity index (χ1) is 7.60. The second kappa shape index (κ2) is 5.98. The van der Waals surface area contributed by atoms with Crippen molar-refractivity contribution in [3.05, 3.63) is 29.8 Å². The number of sulfonamides is 1. The molecule has 5 heteroatoms. The Kier molecular flexibility index (Phi) is 4.92. The van der Waals surface area contributed by atoms with E-state index in [0.29, 0.717) is 18.0 Å². The predicted octanol–water partition coefficient (Wildman–Crippen LogP) is 0.747. The first kappa shape index (κ1) is 13.2. The van der Waals surface area contributed by atoms with Gasteiger partial charge >= 0.3 is 0 Å². The molecule has 0 aliphatic carbocycles. The molecule has 0 aromatic heterocycles. The Labute approximate surface area is 97.1 Å². The summed E-state index contributed by atoms with van der Waals surface area (Å²) in [5.74, 6) is 0. The van der Waals surface area contributed by atoms with Crippen molar-refractivity contribution in [1.29, 1.82) is 0 Å². The molecule has 0 saturated carbocycles. The van der Waals surface area contributed by atoms with Crippen molar-refractivity contribution in [3.8, 4) is 0 Å². The van der Waals surface area contributed by atoms with Crippen molar-refractivity contribution in [3.63, 3.8) is 0 Å².